The van der Waals surface area contributed by atoms with Gasteiger partial charge in [-0.1, -0.05) is 86.4 Å². The lowest BCUT2D eigenvalue weighted by molar-refractivity contribution is 1.09. The van der Waals surface area contributed by atoms with Gasteiger partial charge in [0, 0.05) is 8.07 Å². The Morgan fingerprint density at radius 2 is 1.56 bits per heavy atom. The monoisotopic (exact) mass is 276 g/mol. The van der Waals surface area contributed by atoms with Crippen molar-refractivity contribution in [2.75, 3.05) is 0 Å². The minimum Gasteiger partial charge on any atom is -0.0917 e. The number of hydrogen-bond acceptors (Lipinski definition) is 0. The number of allylic oxidation sites excluding steroid dienone is 2. The average Bonchev–Trinajstić information content (AvgIpc) is 2.28. The SMILES string of the molecule is C/C=C/C(C[Si](C)(C)C)[Si](C)(C)c1ccccc1. The maximum Gasteiger partial charge on any atom is 0.0870 e. The predicted molar refractivity (Wildman–Crippen MR) is 90.3 cm³/mol. The van der Waals surface area contributed by atoms with Crippen LogP contribution in [-0.2, 0) is 0 Å². The number of hydrogen-bond donors (Lipinski definition) is 0. The summed E-state index contributed by atoms with van der Waals surface area (Å²) in [6.07, 6.45) is 4.72. The van der Waals surface area contributed by atoms with Gasteiger partial charge in [0.1, 0.15) is 0 Å². The highest BCUT2D eigenvalue weighted by Crippen LogP contribution is 2.32. The molecule has 0 saturated heterocycles. The van der Waals surface area contributed by atoms with Crippen molar-refractivity contribution in [1.82, 2.24) is 0 Å². The fourth-order valence-corrected chi connectivity index (χ4v) is 10.0. The Balaban J connectivity index is 3.04. The second kappa shape index (κ2) is 6.02. The standard InChI is InChI=1S/C16H28Si2/c1-7-11-16(14-17(2,3)4)18(5,6)15-12-9-8-10-13-15/h7-13,16H,14H2,1-6H3/b11-7+. The van der Waals surface area contributed by atoms with E-state index in [1.165, 1.54) is 6.04 Å². The van der Waals surface area contributed by atoms with Crippen LogP contribution in [0.3, 0.4) is 0 Å². The molecule has 0 radical (unpaired) electrons. The molecule has 0 spiro atoms. The molecule has 0 aliphatic rings. The Morgan fingerprint density at radius 1 is 1.00 bits per heavy atom. The average molecular weight is 277 g/mol. The van der Waals surface area contributed by atoms with E-state index >= 15 is 0 Å². The first-order valence-electron chi connectivity index (χ1n) is 6.96. The van der Waals surface area contributed by atoms with Crippen LogP contribution in [0.2, 0.25) is 44.3 Å². The molecule has 1 atom stereocenters. The summed E-state index contributed by atoms with van der Waals surface area (Å²) in [7, 11) is -2.41. The topological polar surface area (TPSA) is 0 Å². The highest BCUT2D eigenvalue weighted by Gasteiger charge is 2.34. The molecular formula is C16H28Si2. The first-order valence-corrected chi connectivity index (χ1v) is 13.7. The Kier molecular flexibility index (Phi) is 5.17. The molecule has 0 N–H and O–H groups in total. The number of rotatable bonds is 5. The lowest BCUT2D eigenvalue weighted by atomic mass is 10.4. The first kappa shape index (κ1) is 15.5. The van der Waals surface area contributed by atoms with Crippen LogP contribution in [0.15, 0.2) is 42.5 Å². The predicted octanol–water partition coefficient (Wildman–Crippen LogP) is 4.89. The fourth-order valence-electron chi connectivity index (χ4n) is 2.54. The molecule has 1 aromatic rings. The Morgan fingerprint density at radius 3 is 2.00 bits per heavy atom. The van der Waals surface area contributed by atoms with Crippen molar-refractivity contribution in [2.24, 2.45) is 0 Å². The van der Waals surface area contributed by atoms with Crippen molar-refractivity contribution in [3.63, 3.8) is 0 Å². The van der Waals surface area contributed by atoms with E-state index in [-0.39, 0.29) is 0 Å². The van der Waals surface area contributed by atoms with Gasteiger partial charge >= 0.3 is 0 Å². The maximum atomic E-state index is 2.52. The van der Waals surface area contributed by atoms with Gasteiger partial charge < -0.3 is 0 Å². The van der Waals surface area contributed by atoms with Crippen molar-refractivity contribution in [2.45, 2.75) is 51.2 Å². The Labute approximate surface area is 115 Å². The van der Waals surface area contributed by atoms with Gasteiger partial charge in [-0.25, -0.2) is 0 Å². The molecule has 18 heavy (non-hydrogen) atoms. The summed E-state index contributed by atoms with van der Waals surface area (Å²) >= 11 is 0. The van der Waals surface area contributed by atoms with Gasteiger partial charge in [0.2, 0.25) is 0 Å². The Hall–Kier alpha value is -0.606. The quantitative estimate of drug-likeness (QED) is 0.531. The summed E-state index contributed by atoms with van der Waals surface area (Å²) < 4.78 is 0. The first-order chi connectivity index (χ1) is 8.27. The largest absolute Gasteiger partial charge is 0.0917 e. The van der Waals surface area contributed by atoms with Gasteiger partial charge in [-0.05, 0) is 12.5 Å². The molecule has 2 heteroatoms. The van der Waals surface area contributed by atoms with E-state index in [9.17, 15) is 0 Å². The molecule has 1 unspecified atom stereocenters. The normalized spacial score (nSPS) is 15.0. The molecule has 1 rings (SSSR count). The van der Waals surface area contributed by atoms with E-state index in [2.05, 4.69) is 82.1 Å². The summed E-state index contributed by atoms with van der Waals surface area (Å²) in [5.74, 6) is 0. The van der Waals surface area contributed by atoms with Gasteiger partial charge in [0.25, 0.3) is 0 Å². The molecular weight excluding hydrogens is 248 g/mol. The minimum absolute atomic E-state index is 0.775. The van der Waals surface area contributed by atoms with Crippen molar-refractivity contribution in [1.29, 1.82) is 0 Å². The van der Waals surface area contributed by atoms with Crippen LogP contribution in [0, 0.1) is 0 Å². The van der Waals surface area contributed by atoms with E-state index < -0.39 is 16.1 Å². The highest BCUT2D eigenvalue weighted by atomic mass is 28.3. The molecule has 0 bridgehead atoms. The minimum atomic E-state index is -1.39. The molecule has 0 amide bonds. The zero-order valence-electron chi connectivity index (χ0n) is 12.8. The summed E-state index contributed by atoms with van der Waals surface area (Å²) in [5, 5.41) is 1.59. The third-order valence-electron chi connectivity index (χ3n) is 3.70. The van der Waals surface area contributed by atoms with Crippen molar-refractivity contribution in [3.8, 4) is 0 Å². The molecule has 0 aliphatic heterocycles. The van der Waals surface area contributed by atoms with Crippen LogP contribution >= 0.6 is 0 Å². The smallest absolute Gasteiger partial charge is 0.0870 e. The zero-order valence-corrected chi connectivity index (χ0v) is 14.8. The lowest BCUT2D eigenvalue weighted by Crippen LogP contribution is -2.47. The van der Waals surface area contributed by atoms with Crippen molar-refractivity contribution < 1.29 is 0 Å². The van der Waals surface area contributed by atoms with Gasteiger partial charge in [-0.3, -0.25) is 0 Å². The molecule has 0 heterocycles. The summed E-state index contributed by atoms with van der Waals surface area (Å²) in [4.78, 5) is 0. The van der Waals surface area contributed by atoms with Crippen LogP contribution in [0.4, 0.5) is 0 Å². The van der Waals surface area contributed by atoms with Gasteiger partial charge in [0.15, 0.2) is 0 Å². The molecule has 0 aromatic heterocycles. The van der Waals surface area contributed by atoms with E-state index in [0.29, 0.717) is 0 Å². The number of benzene rings is 1. The molecule has 1 aromatic carbocycles. The molecule has 0 aliphatic carbocycles. The second-order valence-electron chi connectivity index (χ2n) is 6.98. The molecule has 100 valence electrons. The van der Waals surface area contributed by atoms with E-state index in [4.69, 9.17) is 0 Å². The molecule has 0 nitrogen and oxygen atoms in total. The van der Waals surface area contributed by atoms with Crippen molar-refractivity contribution in [3.05, 3.63) is 42.5 Å². The van der Waals surface area contributed by atoms with Crippen LogP contribution in [-0.4, -0.2) is 16.1 Å². The van der Waals surface area contributed by atoms with Crippen LogP contribution in [0.5, 0.6) is 0 Å². The third kappa shape index (κ3) is 4.25. The fraction of sp³-hybridized carbons (Fsp3) is 0.500. The Bertz CT molecular complexity index is 385. The van der Waals surface area contributed by atoms with E-state index in [1.807, 2.05) is 0 Å². The van der Waals surface area contributed by atoms with Crippen LogP contribution in [0.25, 0.3) is 0 Å². The molecule has 0 saturated carbocycles. The van der Waals surface area contributed by atoms with Gasteiger partial charge in [-0.2, -0.15) is 0 Å². The van der Waals surface area contributed by atoms with Crippen molar-refractivity contribution >= 4 is 21.3 Å². The third-order valence-corrected chi connectivity index (χ3v) is 9.85. The highest BCUT2D eigenvalue weighted by molar-refractivity contribution is 6.93. The van der Waals surface area contributed by atoms with Crippen LogP contribution < -0.4 is 5.19 Å². The van der Waals surface area contributed by atoms with E-state index in [0.717, 1.165) is 5.54 Å². The molecule has 0 fully saturated rings. The summed E-state index contributed by atoms with van der Waals surface area (Å²) in [6, 6.07) is 12.6. The van der Waals surface area contributed by atoms with E-state index in [1.54, 1.807) is 5.19 Å². The van der Waals surface area contributed by atoms with Crippen LogP contribution in [0.1, 0.15) is 6.92 Å². The van der Waals surface area contributed by atoms with Gasteiger partial charge in [0.05, 0.1) is 8.07 Å². The maximum absolute atomic E-state index is 2.52. The zero-order chi connectivity index (χ0) is 13.8. The second-order valence-corrected chi connectivity index (χ2v) is 17.3. The summed E-state index contributed by atoms with van der Waals surface area (Å²) in [6.45, 7) is 14.7. The summed E-state index contributed by atoms with van der Waals surface area (Å²) in [5.41, 5.74) is 0.775. The van der Waals surface area contributed by atoms with Gasteiger partial charge in [-0.15, -0.1) is 0 Å². The lowest BCUT2D eigenvalue weighted by Gasteiger charge is -2.34.